The fourth-order valence-electron chi connectivity index (χ4n) is 3.15. The summed E-state index contributed by atoms with van der Waals surface area (Å²) in [6.07, 6.45) is 0. The number of rotatable bonds is 9. The van der Waals surface area contributed by atoms with Crippen molar-refractivity contribution in [2.24, 2.45) is 0 Å². The molecule has 33 heavy (non-hydrogen) atoms. The highest BCUT2D eigenvalue weighted by molar-refractivity contribution is 6.08. The summed E-state index contributed by atoms with van der Waals surface area (Å²) >= 11 is 0. The van der Waals surface area contributed by atoms with Crippen molar-refractivity contribution < 1.29 is 28.2 Å². The standard InChI is InChI=1S/C25H25FN2O5/c1-4-32-22-15-20(28-25(30)18-11-6-7-12-21(18)31-3)23(33-5-2)14-19(22)27-24(29)16-9-8-10-17(26)13-16/h6-15H,4-5H2,1-3H3,(H,27,29)(H,28,30). The Bertz CT molecular complexity index is 1150. The zero-order valence-corrected chi connectivity index (χ0v) is 18.6. The number of methoxy groups -OCH3 is 1. The van der Waals surface area contributed by atoms with Crippen LogP contribution in [0.1, 0.15) is 34.6 Å². The summed E-state index contributed by atoms with van der Waals surface area (Å²) in [4.78, 5) is 25.6. The lowest BCUT2D eigenvalue weighted by atomic mass is 10.1. The first-order chi connectivity index (χ1) is 16.0. The second kappa shape index (κ2) is 11.0. The number of hydrogen-bond donors (Lipinski definition) is 2. The smallest absolute Gasteiger partial charge is 0.259 e. The molecule has 3 rings (SSSR count). The van der Waals surface area contributed by atoms with Crippen LogP contribution in [0.5, 0.6) is 17.2 Å². The summed E-state index contributed by atoms with van der Waals surface area (Å²) in [7, 11) is 1.49. The SMILES string of the molecule is CCOc1cc(NC(=O)c2ccccc2OC)c(OCC)cc1NC(=O)c1cccc(F)c1. The molecule has 0 spiro atoms. The van der Waals surface area contributed by atoms with Crippen LogP contribution in [0, 0.1) is 5.82 Å². The van der Waals surface area contributed by atoms with Gasteiger partial charge in [-0.1, -0.05) is 18.2 Å². The number of ether oxygens (including phenoxy) is 3. The highest BCUT2D eigenvalue weighted by atomic mass is 19.1. The molecule has 0 fully saturated rings. The first kappa shape index (κ1) is 23.6. The third-order valence-electron chi connectivity index (χ3n) is 4.62. The summed E-state index contributed by atoms with van der Waals surface area (Å²) in [5.74, 6) is -0.343. The number of nitrogens with one attached hydrogen (secondary N) is 2. The highest BCUT2D eigenvalue weighted by Crippen LogP contribution is 2.37. The van der Waals surface area contributed by atoms with Gasteiger partial charge >= 0.3 is 0 Å². The summed E-state index contributed by atoms with van der Waals surface area (Å²) < 4.78 is 30.2. The average Bonchev–Trinajstić information content (AvgIpc) is 2.81. The molecular formula is C25H25FN2O5. The van der Waals surface area contributed by atoms with E-state index in [1.165, 1.54) is 25.3 Å². The molecule has 0 aliphatic rings. The monoisotopic (exact) mass is 452 g/mol. The first-order valence-electron chi connectivity index (χ1n) is 10.4. The van der Waals surface area contributed by atoms with Crippen molar-refractivity contribution in [1.29, 1.82) is 0 Å². The zero-order chi connectivity index (χ0) is 23.8. The van der Waals surface area contributed by atoms with Gasteiger partial charge in [-0.05, 0) is 44.2 Å². The fraction of sp³-hybridized carbons (Fsp3) is 0.200. The van der Waals surface area contributed by atoms with Crippen molar-refractivity contribution >= 4 is 23.2 Å². The van der Waals surface area contributed by atoms with E-state index in [9.17, 15) is 14.0 Å². The molecule has 0 atom stereocenters. The molecule has 0 aromatic heterocycles. The number of para-hydroxylation sites is 1. The van der Waals surface area contributed by atoms with Gasteiger partial charge in [0.25, 0.3) is 11.8 Å². The summed E-state index contributed by atoms with van der Waals surface area (Å²) in [6, 6.07) is 15.3. The summed E-state index contributed by atoms with van der Waals surface area (Å²) in [5.41, 5.74) is 1.19. The molecule has 3 aromatic carbocycles. The molecule has 2 amide bonds. The Morgan fingerprint density at radius 1 is 0.788 bits per heavy atom. The molecular weight excluding hydrogens is 427 g/mol. The van der Waals surface area contributed by atoms with Crippen LogP contribution in [-0.2, 0) is 0 Å². The van der Waals surface area contributed by atoms with Crippen LogP contribution in [-0.4, -0.2) is 32.1 Å². The number of carbonyl (C=O) groups is 2. The van der Waals surface area contributed by atoms with Gasteiger partial charge in [-0.3, -0.25) is 9.59 Å². The Balaban J connectivity index is 1.95. The minimum atomic E-state index is -0.517. The highest BCUT2D eigenvalue weighted by Gasteiger charge is 2.19. The molecule has 0 aliphatic heterocycles. The van der Waals surface area contributed by atoms with E-state index in [4.69, 9.17) is 14.2 Å². The van der Waals surface area contributed by atoms with E-state index in [0.717, 1.165) is 6.07 Å². The van der Waals surface area contributed by atoms with Crippen LogP contribution in [0.2, 0.25) is 0 Å². The van der Waals surface area contributed by atoms with Gasteiger partial charge in [-0.2, -0.15) is 0 Å². The molecule has 7 nitrogen and oxygen atoms in total. The molecule has 0 saturated heterocycles. The lowest BCUT2D eigenvalue weighted by Gasteiger charge is -2.18. The molecule has 2 N–H and O–H groups in total. The van der Waals surface area contributed by atoms with Crippen molar-refractivity contribution in [1.82, 2.24) is 0 Å². The van der Waals surface area contributed by atoms with Crippen LogP contribution < -0.4 is 24.8 Å². The van der Waals surface area contributed by atoms with E-state index in [-0.39, 0.29) is 5.56 Å². The van der Waals surface area contributed by atoms with Gasteiger partial charge in [0.1, 0.15) is 23.1 Å². The van der Waals surface area contributed by atoms with Gasteiger partial charge in [0, 0.05) is 17.7 Å². The lowest BCUT2D eigenvalue weighted by molar-refractivity contribution is 0.101. The van der Waals surface area contributed by atoms with Crippen LogP contribution in [0.3, 0.4) is 0 Å². The first-order valence-corrected chi connectivity index (χ1v) is 10.4. The number of carbonyl (C=O) groups excluding carboxylic acids is 2. The Morgan fingerprint density at radius 3 is 1.97 bits per heavy atom. The van der Waals surface area contributed by atoms with Crippen LogP contribution in [0.25, 0.3) is 0 Å². The quantitative estimate of drug-likeness (QED) is 0.470. The largest absolute Gasteiger partial charge is 0.496 e. The fourth-order valence-corrected chi connectivity index (χ4v) is 3.15. The molecule has 0 bridgehead atoms. The van der Waals surface area contributed by atoms with E-state index in [1.807, 2.05) is 0 Å². The topological polar surface area (TPSA) is 85.9 Å². The number of halogens is 1. The van der Waals surface area contributed by atoms with Gasteiger partial charge in [-0.15, -0.1) is 0 Å². The summed E-state index contributed by atoms with van der Waals surface area (Å²) in [5, 5.41) is 5.54. The van der Waals surface area contributed by atoms with E-state index < -0.39 is 17.6 Å². The molecule has 0 aliphatic carbocycles. The van der Waals surface area contributed by atoms with E-state index in [0.29, 0.717) is 47.4 Å². The van der Waals surface area contributed by atoms with Crippen molar-refractivity contribution in [3.05, 3.63) is 77.6 Å². The van der Waals surface area contributed by atoms with Crippen molar-refractivity contribution in [3.8, 4) is 17.2 Å². The number of amides is 2. The lowest BCUT2D eigenvalue weighted by Crippen LogP contribution is -2.16. The molecule has 0 radical (unpaired) electrons. The number of hydrogen-bond acceptors (Lipinski definition) is 5. The predicted octanol–water partition coefficient (Wildman–Crippen LogP) is 5.14. The second-order valence-electron chi connectivity index (χ2n) is 6.83. The van der Waals surface area contributed by atoms with Crippen molar-refractivity contribution in [2.75, 3.05) is 31.0 Å². The third-order valence-corrected chi connectivity index (χ3v) is 4.62. The number of benzene rings is 3. The predicted molar refractivity (Wildman–Crippen MR) is 124 cm³/mol. The minimum Gasteiger partial charge on any atom is -0.496 e. The van der Waals surface area contributed by atoms with Gasteiger partial charge in [0.15, 0.2) is 0 Å². The van der Waals surface area contributed by atoms with Gasteiger partial charge < -0.3 is 24.8 Å². The number of anilines is 2. The minimum absolute atomic E-state index is 0.156. The normalized spacial score (nSPS) is 10.3. The zero-order valence-electron chi connectivity index (χ0n) is 18.6. The molecule has 0 saturated carbocycles. The Hall–Kier alpha value is -4.07. The molecule has 8 heteroatoms. The van der Waals surface area contributed by atoms with Crippen LogP contribution >= 0.6 is 0 Å². The average molecular weight is 452 g/mol. The summed E-state index contributed by atoms with van der Waals surface area (Å²) in [6.45, 7) is 4.23. The Kier molecular flexibility index (Phi) is 7.86. The second-order valence-corrected chi connectivity index (χ2v) is 6.83. The maximum absolute atomic E-state index is 13.5. The van der Waals surface area contributed by atoms with Gasteiger partial charge in [0.05, 0.1) is 37.3 Å². The van der Waals surface area contributed by atoms with Crippen LogP contribution in [0.4, 0.5) is 15.8 Å². The Labute approximate surface area is 191 Å². The molecule has 3 aromatic rings. The maximum atomic E-state index is 13.5. The van der Waals surface area contributed by atoms with Crippen molar-refractivity contribution in [3.63, 3.8) is 0 Å². The maximum Gasteiger partial charge on any atom is 0.259 e. The Morgan fingerprint density at radius 2 is 1.39 bits per heavy atom. The third kappa shape index (κ3) is 5.79. The van der Waals surface area contributed by atoms with E-state index in [1.54, 1.807) is 50.2 Å². The molecule has 0 unspecified atom stereocenters. The van der Waals surface area contributed by atoms with Crippen LogP contribution in [0.15, 0.2) is 60.7 Å². The van der Waals surface area contributed by atoms with Gasteiger partial charge in [0.2, 0.25) is 0 Å². The molecule has 172 valence electrons. The van der Waals surface area contributed by atoms with Crippen molar-refractivity contribution in [2.45, 2.75) is 13.8 Å². The molecule has 0 heterocycles. The van der Waals surface area contributed by atoms with E-state index >= 15 is 0 Å². The van der Waals surface area contributed by atoms with E-state index in [2.05, 4.69) is 10.6 Å². The van der Waals surface area contributed by atoms with Gasteiger partial charge in [-0.25, -0.2) is 4.39 Å².